The van der Waals surface area contributed by atoms with Gasteiger partial charge in [-0.3, -0.25) is 4.99 Å². The number of aryl methyl sites for hydroxylation is 1. The van der Waals surface area contributed by atoms with Gasteiger partial charge in [-0.1, -0.05) is 42.5 Å². The van der Waals surface area contributed by atoms with Crippen LogP contribution in [0.1, 0.15) is 11.1 Å². The number of hydrogen-bond acceptors (Lipinski definition) is 1. The van der Waals surface area contributed by atoms with Crippen molar-refractivity contribution >= 4 is 12.3 Å². The molecule has 1 aromatic carbocycles. The summed E-state index contributed by atoms with van der Waals surface area (Å²) in [5.74, 6) is 0. The average molecular weight is 171 g/mol. The zero-order chi connectivity index (χ0) is 9.68. The van der Waals surface area contributed by atoms with Gasteiger partial charge in [0, 0.05) is 6.20 Å². The lowest BCUT2D eigenvalue weighted by Crippen LogP contribution is -1.80. The van der Waals surface area contributed by atoms with Crippen molar-refractivity contribution in [1.82, 2.24) is 0 Å². The van der Waals surface area contributed by atoms with E-state index in [1.807, 2.05) is 12.1 Å². The van der Waals surface area contributed by atoms with Crippen LogP contribution in [0, 0.1) is 6.92 Å². The molecule has 13 heavy (non-hydrogen) atoms. The summed E-state index contributed by atoms with van der Waals surface area (Å²) in [4.78, 5) is 3.72. The van der Waals surface area contributed by atoms with Gasteiger partial charge in [0.1, 0.15) is 0 Å². The van der Waals surface area contributed by atoms with Crippen LogP contribution >= 0.6 is 0 Å². The van der Waals surface area contributed by atoms with Crippen molar-refractivity contribution in [2.75, 3.05) is 0 Å². The molecule has 0 aliphatic heterocycles. The lowest BCUT2D eigenvalue weighted by atomic mass is 10.1. The molecule has 0 saturated heterocycles. The SMILES string of the molecule is C=C/C(=C\N=C)c1ccc(C)cc1. The Hall–Kier alpha value is -1.63. The van der Waals surface area contributed by atoms with Crippen LogP contribution in [0.2, 0.25) is 0 Å². The van der Waals surface area contributed by atoms with E-state index in [1.165, 1.54) is 5.56 Å². The number of allylic oxidation sites excluding steroid dienone is 2. The predicted octanol–water partition coefficient (Wildman–Crippen LogP) is 3.22. The topological polar surface area (TPSA) is 12.4 Å². The third-order valence-electron chi connectivity index (χ3n) is 1.84. The summed E-state index contributed by atoms with van der Waals surface area (Å²) in [6.45, 7) is 9.20. The fourth-order valence-electron chi connectivity index (χ4n) is 1.09. The van der Waals surface area contributed by atoms with Gasteiger partial charge in [0.2, 0.25) is 0 Å². The highest BCUT2D eigenvalue weighted by Gasteiger charge is 1.94. The number of benzene rings is 1. The third-order valence-corrected chi connectivity index (χ3v) is 1.84. The van der Waals surface area contributed by atoms with E-state index >= 15 is 0 Å². The van der Waals surface area contributed by atoms with Gasteiger partial charge in [0.05, 0.1) is 0 Å². The molecule has 0 bridgehead atoms. The van der Waals surface area contributed by atoms with E-state index in [-0.39, 0.29) is 0 Å². The summed E-state index contributed by atoms with van der Waals surface area (Å²) in [5.41, 5.74) is 3.36. The number of aliphatic imine (C=N–C) groups is 1. The van der Waals surface area contributed by atoms with Crippen molar-refractivity contribution in [1.29, 1.82) is 0 Å². The van der Waals surface area contributed by atoms with E-state index in [0.717, 1.165) is 11.1 Å². The van der Waals surface area contributed by atoms with Gasteiger partial charge in [0.15, 0.2) is 0 Å². The van der Waals surface area contributed by atoms with Crippen LogP contribution in [-0.2, 0) is 0 Å². The summed E-state index contributed by atoms with van der Waals surface area (Å²) in [5, 5.41) is 0. The van der Waals surface area contributed by atoms with Crippen molar-refractivity contribution in [2.24, 2.45) is 4.99 Å². The van der Waals surface area contributed by atoms with Gasteiger partial charge in [-0.15, -0.1) is 0 Å². The van der Waals surface area contributed by atoms with Crippen molar-refractivity contribution in [2.45, 2.75) is 6.92 Å². The van der Waals surface area contributed by atoms with E-state index in [9.17, 15) is 0 Å². The first-order chi connectivity index (χ1) is 6.27. The molecule has 0 spiro atoms. The lowest BCUT2D eigenvalue weighted by Gasteiger charge is -2.00. The Bertz CT molecular complexity index is 331. The lowest BCUT2D eigenvalue weighted by molar-refractivity contribution is 1.45. The van der Waals surface area contributed by atoms with E-state index in [0.29, 0.717) is 0 Å². The highest BCUT2D eigenvalue weighted by atomic mass is 14.6. The summed E-state index contributed by atoms with van der Waals surface area (Å²) in [6.07, 6.45) is 3.48. The minimum absolute atomic E-state index is 0.995. The maximum atomic E-state index is 3.72. The van der Waals surface area contributed by atoms with Crippen molar-refractivity contribution in [3.8, 4) is 0 Å². The Kier molecular flexibility index (Phi) is 3.21. The molecule has 1 rings (SSSR count). The van der Waals surface area contributed by atoms with Crippen LogP contribution in [0.4, 0.5) is 0 Å². The summed E-state index contributed by atoms with van der Waals surface area (Å²) in [6, 6.07) is 8.23. The van der Waals surface area contributed by atoms with E-state index in [4.69, 9.17) is 0 Å². The molecule has 0 heterocycles. The van der Waals surface area contributed by atoms with E-state index < -0.39 is 0 Å². The Labute approximate surface area is 79.1 Å². The maximum Gasteiger partial charge on any atom is 0.0338 e. The fourth-order valence-corrected chi connectivity index (χ4v) is 1.09. The second kappa shape index (κ2) is 4.41. The second-order valence-corrected chi connectivity index (χ2v) is 2.84. The van der Waals surface area contributed by atoms with Gasteiger partial charge in [-0.05, 0) is 24.8 Å². The van der Waals surface area contributed by atoms with Crippen LogP contribution in [0.3, 0.4) is 0 Å². The molecule has 0 aromatic heterocycles. The van der Waals surface area contributed by atoms with Gasteiger partial charge in [-0.2, -0.15) is 0 Å². The zero-order valence-electron chi connectivity index (χ0n) is 7.83. The first-order valence-corrected chi connectivity index (χ1v) is 4.13. The number of rotatable bonds is 3. The Morgan fingerprint density at radius 3 is 2.38 bits per heavy atom. The zero-order valence-corrected chi connectivity index (χ0v) is 7.83. The molecule has 1 nitrogen and oxygen atoms in total. The van der Waals surface area contributed by atoms with Crippen LogP contribution in [0.25, 0.3) is 5.57 Å². The number of hydrogen-bond donors (Lipinski definition) is 0. The maximum absolute atomic E-state index is 3.72. The van der Waals surface area contributed by atoms with Crippen LogP contribution in [0.5, 0.6) is 0 Å². The molecule has 0 N–H and O–H groups in total. The van der Waals surface area contributed by atoms with Crippen molar-refractivity contribution in [3.63, 3.8) is 0 Å². The van der Waals surface area contributed by atoms with Crippen molar-refractivity contribution < 1.29 is 0 Å². The second-order valence-electron chi connectivity index (χ2n) is 2.84. The molecule has 0 radical (unpaired) electrons. The molecule has 0 fully saturated rings. The predicted molar refractivity (Wildman–Crippen MR) is 58.9 cm³/mol. The summed E-state index contributed by atoms with van der Waals surface area (Å²) in [7, 11) is 0. The molecule has 0 amide bonds. The standard InChI is InChI=1S/C12H13N/c1-4-11(9-13-3)12-7-5-10(2)6-8-12/h4-9H,1,3H2,2H3/b11-9+. The Morgan fingerprint density at radius 2 is 1.92 bits per heavy atom. The summed E-state index contributed by atoms with van der Waals surface area (Å²) >= 11 is 0. The molecular formula is C12H13N. The normalized spacial score (nSPS) is 11.0. The minimum Gasteiger partial charge on any atom is -0.272 e. The van der Waals surface area contributed by atoms with Crippen LogP contribution in [0.15, 0.2) is 48.1 Å². The molecule has 1 aromatic rings. The molecular weight excluding hydrogens is 158 g/mol. The fraction of sp³-hybridized carbons (Fsp3) is 0.0833. The first kappa shape index (κ1) is 9.46. The highest BCUT2D eigenvalue weighted by molar-refractivity contribution is 5.73. The largest absolute Gasteiger partial charge is 0.272 e. The van der Waals surface area contributed by atoms with Gasteiger partial charge in [0.25, 0.3) is 0 Å². The van der Waals surface area contributed by atoms with E-state index in [2.05, 4.69) is 37.3 Å². The molecule has 0 aliphatic rings. The van der Waals surface area contributed by atoms with Crippen LogP contribution in [-0.4, -0.2) is 6.72 Å². The molecule has 0 aliphatic carbocycles. The molecule has 66 valence electrons. The van der Waals surface area contributed by atoms with Gasteiger partial charge in [-0.25, -0.2) is 0 Å². The Balaban J connectivity index is 3.06. The average Bonchev–Trinajstić information content (AvgIpc) is 2.16. The highest BCUT2D eigenvalue weighted by Crippen LogP contribution is 2.15. The monoisotopic (exact) mass is 171 g/mol. The number of nitrogens with zero attached hydrogens (tertiary/aromatic N) is 1. The molecule has 1 heteroatoms. The Morgan fingerprint density at radius 1 is 1.31 bits per heavy atom. The third kappa shape index (κ3) is 2.41. The first-order valence-electron chi connectivity index (χ1n) is 4.13. The van der Waals surface area contributed by atoms with Crippen LogP contribution < -0.4 is 0 Å². The van der Waals surface area contributed by atoms with E-state index in [1.54, 1.807) is 12.3 Å². The molecule has 0 saturated carbocycles. The van der Waals surface area contributed by atoms with Gasteiger partial charge >= 0.3 is 0 Å². The van der Waals surface area contributed by atoms with Gasteiger partial charge < -0.3 is 0 Å². The minimum atomic E-state index is 0.995. The molecule has 0 unspecified atom stereocenters. The summed E-state index contributed by atoms with van der Waals surface area (Å²) < 4.78 is 0. The van der Waals surface area contributed by atoms with Crippen molar-refractivity contribution in [3.05, 3.63) is 54.2 Å². The molecule has 0 atom stereocenters. The smallest absolute Gasteiger partial charge is 0.0338 e. The quantitative estimate of drug-likeness (QED) is 0.489.